The number of pyridine rings is 1. The second-order valence-corrected chi connectivity index (χ2v) is 11.9. The number of rotatable bonds is 6. The molecule has 4 atom stereocenters. The van der Waals surface area contributed by atoms with Crippen molar-refractivity contribution >= 4 is 46.3 Å². The van der Waals surface area contributed by atoms with E-state index in [-0.39, 0.29) is 17.6 Å². The lowest BCUT2D eigenvalue weighted by atomic mass is 9.91. The normalized spacial score (nSPS) is 22.6. The van der Waals surface area contributed by atoms with E-state index in [1.165, 1.54) is 6.42 Å². The number of anilines is 2. The number of hydrogen-bond acceptors (Lipinski definition) is 4. The third-order valence-corrected chi connectivity index (χ3v) is 8.61. The van der Waals surface area contributed by atoms with Crippen LogP contribution in [0.4, 0.5) is 11.4 Å². The van der Waals surface area contributed by atoms with Crippen LogP contribution >= 0.6 is 23.8 Å². The van der Waals surface area contributed by atoms with Crippen LogP contribution in [0.2, 0.25) is 5.02 Å². The van der Waals surface area contributed by atoms with Gasteiger partial charge in [-0.3, -0.25) is 4.98 Å². The van der Waals surface area contributed by atoms with E-state index in [0.29, 0.717) is 22.0 Å². The predicted octanol–water partition coefficient (Wildman–Crippen LogP) is 6.88. The van der Waals surface area contributed by atoms with Crippen molar-refractivity contribution in [3.05, 3.63) is 107 Å². The molecule has 0 saturated carbocycles. The largest absolute Gasteiger partial charge is 0.478 e. The highest BCUT2D eigenvalue weighted by Gasteiger charge is 2.42. The highest BCUT2D eigenvalue weighted by molar-refractivity contribution is 7.80. The zero-order valence-corrected chi connectivity index (χ0v) is 24.5. The van der Waals surface area contributed by atoms with Crippen LogP contribution in [0.25, 0.3) is 5.69 Å². The van der Waals surface area contributed by atoms with Gasteiger partial charge >= 0.3 is 5.97 Å². The topological polar surface area (TPSA) is 73.6 Å². The van der Waals surface area contributed by atoms with E-state index in [2.05, 4.69) is 56.7 Å². The number of thiocarbonyl (C=S) groups is 1. The van der Waals surface area contributed by atoms with Gasteiger partial charge < -0.3 is 24.8 Å². The molecule has 2 saturated heterocycles. The average Bonchev–Trinajstić information content (AvgIpc) is 3.57. The number of benzene rings is 2. The van der Waals surface area contributed by atoms with Gasteiger partial charge in [0.05, 0.1) is 28.0 Å². The lowest BCUT2D eigenvalue weighted by Crippen LogP contribution is -2.38. The second-order valence-electron chi connectivity index (χ2n) is 11.1. The molecular weight excluding hydrogens is 554 g/mol. The molecular formula is C32H32ClN5O2S. The van der Waals surface area contributed by atoms with E-state index >= 15 is 0 Å². The number of aromatic nitrogens is 2. The van der Waals surface area contributed by atoms with Crippen molar-refractivity contribution in [2.24, 2.45) is 11.8 Å². The molecule has 0 bridgehead atoms. The fourth-order valence-electron chi connectivity index (χ4n) is 6.33. The molecule has 2 aliphatic rings. The summed E-state index contributed by atoms with van der Waals surface area (Å²) in [5.41, 5.74) is 4.89. The van der Waals surface area contributed by atoms with Crippen LogP contribution in [0.5, 0.6) is 0 Å². The van der Waals surface area contributed by atoms with Crippen molar-refractivity contribution in [2.45, 2.75) is 32.4 Å². The maximum absolute atomic E-state index is 11.4. The van der Waals surface area contributed by atoms with E-state index < -0.39 is 5.97 Å². The molecule has 2 fully saturated rings. The molecule has 2 aliphatic heterocycles. The van der Waals surface area contributed by atoms with Crippen molar-refractivity contribution in [3.8, 4) is 5.69 Å². The summed E-state index contributed by atoms with van der Waals surface area (Å²) in [6.45, 7) is 6.58. The molecule has 4 aromatic rings. The van der Waals surface area contributed by atoms with Gasteiger partial charge in [-0.1, -0.05) is 31.5 Å². The molecule has 2 aromatic carbocycles. The van der Waals surface area contributed by atoms with E-state index in [0.717, 1.165) is 41.5 Å². The quantitative estimate of drug-likeness (QED) is 0.239. The molecule has 2 aromatic heterocycles. The zero-order chi connectivity index (χ0) is 28.7. The molecule has 0 amide bonds. The molecule has 0 unspecified atom stereocenters. The maximum atomic E-state index is 11.4. The minimum absolute atomic E-state index is 0.224. The van der Waals surface area contributed by atoms with Crippen molar-refractivity contribution in [1.29, 1.82) is 0 Å². The van der Waals surface area contributed by atoms with Crippen molar-refractivity contribution < 1.29 is 9.90 Å². The number of nitrogens with one attached hydrogen (secondary N) is 1. The predicted molar refractivity (Wildman–Crippen MR) is 167 cm³/mol. The number of carboxylic acids is 1. The molecule has 210 valence electrons. The summed E-state index contributed by atoms with van der Waals surface area (Å²) in [5.74, 6) is 0.279. The summed E-state index contributed by atoms with van der Waals surface area (Å²) in [6, 6.07) is 22.6. The van der Waals surface area contributed by atoms with Crippen molar-refractivity contribution in [2.75, 3.05) is 22.9 Å². The molecule has 41 heavy (non-hydrogen) atoms. The smallest absolute Gasteiger partial charge is 0.335 e. The molecule has 0 spiro atoms. The van der Waals surface area contributed by atoms with Gasteiger partial charge in [0.1, 0.15) is 6.04 Å². The molecule has 7 nitrogen and oxygen atoms in total. The van der Waals surface area contributed by atoms with Gasteiger partial charge in [-0.25, -0.2) is 4.79 Å². The standard InChI is InChI=1S/C32H32ClN5O2S/c1-20-16-21(2)19-36(18-20)27-13-12-24(17-25(27)33)38-30(29(35-32(38)41)26-6-3-4-14-34-26)28-7-5-15-37(28)23-10-8-22(9-11-23)31(39)40/h3-15,17,20-21,29-30H,16,18-19H2,1-2H3,(H,35,41)(H,39,40)/t20-,21-,29+,30+/m1/s1. The first kappa shape index (κ1) is 27.3. The number of piperidine rings is 1. The number of carbonyl (C=O) groups is 1. The van der Waals surface area contributed by atoms with Crippen molar-refractivity contribution in [1.82, 2.24) is 14.9 Å². The maximum Gasteiger partial charge on any atom is 0.335 e. The summed E-state index contributed by atoms with van der Waals surface area (Å²) in [6.07, 6.45) is 5.00. The molecule has 6 rings (SSSR count). The molecule has 9 heteroatoms. The van der Waals surface area contributed by atoms with Crippen LogP contribution in [0.15, 0.2) is 85.2 Å². The second kappa shape index (κ2) is 11.2. The van der Waals surface area contributed by atoms with Crippen LogP contribution in [-0.2, 0) is 0 Å². The Labute approximate surface area is 250 Å². The summed E-state index contributed by atoms with van der Waals surface area (Å²) in [5, 5.41) is 14.2. The number of nitrogens with zero attached hydrogens (tertiary/aromatic N) is 4. The van der Waals surface area contributed by atoms with Gasteiger partial charge in [-0.05, 0) is 97.2 Å². The lowest BCUT2D eigenvalue weighted by Gasteiger charge is -2.37. The first-order chi connectivity index (χ1) is 19.8. The van der Waals surface area contributed by atoms with Gasteiger partial charge in [-0.15, -0.1) is 0 Å². The van der Waals surface area contributed by atoms with Gasteiger partial charge in [0.25, 0.3) is 0 Å². The summed E-state index contributed by atoms with van der Waals surface area (Å²) in [7, 11) is 0. The van der Waals surface area contributed by atoms with E-state index in [1.807, 2.05) is 48.7 Å². The first-order valence-electron chi connectivity index (χ1n) is 13.9. The minimum atomic E-state index is -0.954. The zero-order valence-electron chi connectivity index (χ0n) is 22.9. The van der Waals surface area contributed by atoms with Gasteiger partial charge in [0.2, 0.25) is 0 Å². The van der Waals surface area contributed by atoms with Crippen LogP contribution in [0, 0.1) is 11.8 Å². The third-order valence-electron chi connectivity index (χ3n) is 7.99. The summed E-state index contributed by atoms with van der Waals surface area (Å²) >= 11 is 12.9. The lowest BCUT2D eigenvalue weighted by molar-refractivity contribution is 0.0697. The average molecular weight is 586 g/mol. The first-order valence-corrected chi connectivity index (χ1v) is 14.6. The van der Waals surface area contributed by atoms with Gasteiger partial charge in [-0.2, -0.15) is 0 Å². The molecule has 4 heterocycles. The number of aromatic carboxylic acids is 1. The van der Waals surface area contributed by atoms with Gasteiger partial charge in [0.15, 0.2) is 5.11 Å². The fraction of sp³-hybridized carbons (Fsp3) is 0.281. The highest BCUT2D eigenvalue weighted by Crippen LogP contribution is 2.44. The van der Waals surface area contributed by atoms with Crippen LogP contribution in [0.1, 0.15) is 54.1 Å². The Morgan fingerprint density at radius 2 is 1.73 bits per heavy atom. The Morgan fingerprint density at radius 3 is 2.39 bits per heavy atom. The van der Waals surface area contributed by atoms with Crippen LogP contribution < -0.4 is 15.1 Å². The Morgan fingerprint density at radius 1 is 1.00 bits per heavy atom. The SMILES string of the molecule is C[C@@H]1C[C@@H](C)CN(c2ccc(N3C(=S)N[C@@H](c4ccccn4)[C@@H]3c3cccn3-c3ccc(C(=O)O)cc3)cc2Cl)C1. The Hall–Kier alpha value is -3.88. The number of hydrogen-bond donors (Lipinski definition) is 2. The molecule has 0 aliphatic carbocycles. The number of carboxylic acid groups (broad SMARTS) is 1. The van der Waals surface area contributed by atoms with E-state index in [1.54, 1.807) is 18.3 Å². The van der Waals surface area contributed by atoms with Crippen LogP contribution in [-0.4, -0.2) is 38.8 Å². The van der Waals surface area contributed by atoms with E-state index in [4.69, 9.17) is 23.8 Å². The number of halogens is 1. The molecule has 2 N–H and O–H groups in total. The van der Waals surface area contributed by atoms with Crippen molar-refractivity contribution in [3.63, 3.8) is 0 Å². The summed E-state index contributed by atoms with van der Waals surface area (Å²) in [4.78, 5) is 20.6. The third kappa shape index (κ3) is 5.29. The Kier molecular flexibility index (Phi) is 7.45. The monoisotopic (exact) mass is 585 g/mol. The van der Waals surface area contributed by atoms with E-state index in [9.17, 15) is 9.90 Å². The van der Waals surface area contributed by atoms with Crippen LogP contribution in [0.3, 0.4) is 0 Å². The highest BCUT2D eigenvalue weighted by atomic mass is 35.5. The summed E-state index contributed by atoms with van der Waals surface area (Å²) < 4.78 is 2.07. The minimum Gasteiger partial charge on any atom is -0.478 e. The molecule has 0 radical (unpaired) electrons. The van der Waals surface area contributed by atoms with Gasteiger partial charge in [0, 0.05) is 42.6 Å². The Balaban J connectivity index is 1.41. The Bertz CT molecular complexity index is 1560. The fourth-order valence-corrected chi connectivity index (χ4v) is 6.97.